The van der Waals surface area contributed by atoms with Gasteiger partial charge in [0.05, 0.1) is 36.4 Å². The smallest absolute Gasteiger partial charge is 0.337 e. The second-order valence-corrected chi connectivity index (χ2v) is 8.14. The van der Waals surface area contributed by atoms with E-state index in [1.165, 1.54) is 7.11 Å². The van der Waals surface area contributed by atoms with Gasteiger partial charge in [-0.25, -0.2) is 14.8 Å². The summed E-state index contributed by atoms with van der Waals surface area (Å²) < 4.78 is 10.1. The van der Waals surface area contributed by atoms with Crippen LogP contribution in [0.3, 0.4) is 0 Å². The summed E-state index contributed by atoms with van der Waals surface area (Å²) in [5, 5.41) is 13.4. The van der Waals surface area contributed by atoms with Crippen LogP contribution in [0.4, 0.5) is 5.69 Å². The molecule has 3 aromatic carbocycles. The molecule has 0 bridgehead atoms. The number of aromatic nitrogens is 3. The fourth-order valence-electron chi connectivity index (χ4n) is 3.99. The number of phenols is 1. The molecule has 0 aliphatic rings. The highest BCUT2D eigenvalue weighted by atomic mass is 16.5. The summed E-state index contributed by atoms with van der Waals surface area (Å²) in [5.74, 6) is 0.122. The lowest BCUT2D eigenvalue weighted by Gasteiger charge is -2.09. The zero-order chi connectivity index (χ0) is 25.9. The lowest BCUT2D eigenvalue weighted by atomic mass is 10.0. The van der Waals surface area contributed by atoms with Gasteiger partial charge < -0.3 is 24.9 Å². The van der Waals surface area contributed by atoms with Gasteiger partial charge in [0.15, 0.2) is 0 Å². The van der Waals surface area contributed by atoms with Gasteiger partial charge in [-0.1, -0.05) is 12.1 Å². The largest absolute Gasteiger partial charge is 0.507 e. The summed E-state index contributed by atoms with van der Waals surface area (Å²) in [7, 11) is 2.85. The molecule has 0 radical (unpaired) electrons. The van der Waals surface area contributed by atoms with E-state index < -0.39 is 5.97 Å². The second kappa shape index (κ2) is 9.82. The maximum atomic E-state index is 12.9. The minimum Gasteiger partial charge on any atom is -0.507 e. The Morgan fingerprint density at radius 3 is 2.59 bits per heavy atom. The van der Waals surface area contributed by atoms with Crippen LogP contribution >= 0.6 is 0 Å². The summed E-state index contributed by atoms with van der Waals surface area (Å²) in [4.78, 5) is 36.7. The Labute approximate surface area is 211 Å². The first kappa shape index (κ1) is 23.6. The zero-order valence-electron chi connectivity index (χ0n) is 20.0. The number of rotatable bonds is 6. The van der Waals surface area contributed by atoms with Crippen LogP contribution in [0.15, 0.2) is 79.0 Å². The lowest BCUT2D eigenvalue weighted by molar-refractivity contribution is 0.0600. The standard InChI is InChI=1S/C28H22N4O5/c1-36-27-20(7-4-12-29-27)16-9-11-24(33)21(14-16)25-31-22-10-8-17(15-23(22)32-25)26(34)30-19-6-3-5-18(13-19)28(35)37-2/h3-15,33H,1-2H3,(H,30,34)(H,31,32). The minimum absolute atomic E-state index is 0.0501. The number of esters is 1. The van der Waals surface area contributed by atoms with Crippen LogP contribution in [0.25, 0.3) is 33.5 Å². The monoisotopic (exact) mass is 494 g/mol. The number of H-pyrrole nitrogens is 1. The maximum Gasteiger partial charge on any atom is 0.337 e. The van der Waals surface area contributed by atoms with Crippen LogP contribution in [0.1, 0.15) is 20.7 Å². The molecular formula is C28H22N4O5. The summed E-state index contributed by atoms with van der Waals surface area (Å²) >= 11 is 0. The fraction of sp³-hybridized carbons (Fsp3) is 0.0714. The quantitative estimate of drug-likeness (QED) is 0.282. The second-order valence-electron chi connectivity index (χ2n) is 8.14. The summed E-state index contributed by atoms with van der Waals surface area (Å²) in [6, 6.07) is 20.4. The van der Waals surface area contributed by atoms with Crippen molar-refractivity contribution in [3.63, 3.8) is 0 Å². The predicted molar refractivity (Wildman–Crippen MR) is 139 cm³/mol. The molecule has 5 aromatic rings. The molecule has 2 heterocycles. The molecule has 37 heavy (non-hydrogen) atoms. The van der Waals surface area contributed by atoms with Gasteiger partial charge in [-0.05, 0) is 66.2 Å². The van der Waals surface area contributed by atoms with Gasteiger partial charge in [0.1, 0.15) is 11.6 Å². The molecule has 0 saturated carbocycles. The number of nitrogens with zero attached hydrogens (tertiary/aromatic N) is 2. The number of hydrogen-bond donors (Lipinski definition) is 3. The fourth-order valence-corrected chi connectivity index (χ4v) is 3.99. The van der Waals surface area contributed by atoms with E-state index in [4.69, 9.17) is 9.47 Å². The SMILES string of the molecule is COC(=O)c1cccc(NC(=O)c2ccc3nc(-c4cc(-c5cccnc5OC)ccc4O)[nH]c3c2)c1. The third-order valence-corrected chi connectivity index (χ3v) is 5.81. The average Bonchev–Trinajstić information content (AvgIpc) is 3.36. The Hall–Kier alpha value is -5.18. The number of ether oxygens (including phenoxy) is 2. The molecule has 0 spiro atoms. The lowest BCUT2D eigenvalue weighted by Crippen LogP contribution is -2.12. The molecule has 3 N–H and O–H groups in total. The number of fused-ring (bicyclic) bond motifs is 1. The number of phenolic OH excluding ortho intramolecular Hbond substituents is 1. The maximum absolute atomic E-state index is 12.9. The van der Waals surface area contributed by atoms with Gasteiger partial charge in [0, 0.05) is 23.0 Å². The third-order valence-electron chi connectivity index (χ3n) is 5.81. The number of hydrogen-bond acceptors (Lipinski definition) is 7. The van der Waals surface area contributed by atoms with Crippen molar-refractivity contribution in [2.75, 3.05) is 19.5 Å². The van der Waals surface area contributed by atoms with E-state index in [0.29, 0.717) is 45.1 Å². The van der Waals surface area contributed by atoms with Crippen LogP contribution in [0, 0.1) is 0 Å². The molecule has 0 aliphatic carbocycles. The Morgan fingerprint density at radius 1 is 0.919 bits per heavy atom. The van der Waals surface area contributed by atoms with Crippen molar-refractivity contribution in [3.05, 3.63) is 90.1 Å². The van der Waals surface area contributed by atoms with E-state index in [1.807, 2.05) is 12.1 Å². The number of aromatic hydroxyl groups is 1. The number of carbonyl (C=O) groups excluding carboxylic acids is 2. The highest BCUT2D eigenvalue weighted by molar-refractivity contribution is 6.06. The number of benzene rings is 3. The molecule has 1 amide bonds. The van der Waals surface area contributed by atoms with Gasteiger partial charge in [-0.15, -0.1) is 0 Å². The number of nitrogens with one attached hydrogen (secondary N) is 2. The molecule has 0 saturated heterocycles. The number of anilines is 1. The van der Waals surface area contributed by atoms with Crippen LogP contribution in [-0.4, -0.2) is 46.2 Å². The number of carbonyl (C=O) groups is 2. The highest BCUT2D eigenvalue weighted by Gasteiger charge is 2.16. The van der Waals surface area contributed by atoms with Crippen molar-refractivity contribution in [1.29, 1.82) is 0 Å². The number of pyridine rings is 1. The van der Waals surface area contributed by atoms with Gasteiger partial charge in [0.2, 0.25) is 5.88 Å². The Kier molecular flexibility index (Phi) is 6.25. The van der Waals surface area contributed by atoms with Crippen molar-refractivity contribution < 1.29 is 24.2 Å². The minimum atomic E-state index is -0.489. The summed E-state index contributed by atoms with van der Waals surface area (Å²) in [5.41, 5.74) is 4.50. The molecule has 9 nitrogen and oxygen atoms in total. The van der Waals surface area contributed by atoms with Crippen molar-refractivity contribution >= 4 is 28.6 Å². The van der Waals surface area contributed by atoms with E-state index in [0.717, 1.165) is 11.1 Å². The van der Waals surface area contributed by atoms with Crippen LogP contribution in [0.5, 0.6) is 11.6 Å². The number of amides is 1. The first-order valence-electron chi connectivity index (χ1n) is 11.3. The van der Waals surface area contributed by atoms with E-state index in [-0.39, 0.29) is 11.7 Å². The zero-order valence-corrected chi connectivity index (χ0v) is 20.0. The first-order valence-corrected chi connectivity index (χ1v) is 11.3. The molecular weight excluding hydrogens is 472 g/mol. The normalized spacial score (nSPS) is 10.8. The van der Waals surface area contributed by atoms with Crippen molar-refractivity contribution in [2.45, 2.75) is 0 Å². The highest BCUT2D eigenvalue weighted by Crippen LogP contribution is 2.35. The average molecular weight is 495 g/mol. The summed E-state index contributed by atoms with van der Waals surface area (Å²) in [6.45, 7) is 0. The van der Waals surface area contributed by atoms with E-state index in [2.05, 4.69) is 20.3 Å². The van der Waals surface area contributed by atoms with Crippen molar-refractivity contribution in [2.24, 2.45) is 0 Å². The molecule has 5 rings (SSSR count). The van der Waals surface area contributed by atoms with Crippen molar-refractivity contribution in [3.8, 4) is 34.1 Å². The molecule has 9 heteroatoms. The summed E-state index contributed by atoms with van der Waals surface area (Å²) in [6.07, 6.45) is 1.65. The van der Waals surface area contributed by atoms with Crippen LogP contribution in [-0.2, 0) is 4.74 Å². The number of aromatic amines is 1. The number of methoxy groups -OCH3 is 2. The van der Waals surface area contributed by atoms with Gasteiger partial charge in [-0.2, -0.15) is 0 Å². The van der Waals surface area contributed by atoms with Crippen LogP contribution in [0.2, 0.25) is 0 Å². The molecule has 184 valence electrons. The molecule has 2 aromatic heterocycles. The van der Waals surface area contributed by atoms with E-state index in [1.54, 1.807) is 74.0 Å². The molecule has 0 atom stereocenters. The van der Waals surface area contributed by atoms with Gasteiger partial charge >= 0.3 is 5.97 Å². The van der Waals surface area contributed by atoms with E-state index >= 15 is 0 Å². The van der Waals surface area contributed by atoms with Crippen molar-refractivity contribution in [1.82, 2.24) is 15.0 Å². The number of imidazole rings is 1. The van der Waals surface area contributed by atoms with Crippen LogP contribution < -0.4 is 10.1 Å². The molecule has 0 fully saturated rings. The van der Waals surface area contributed by atoms with E-state index in [9.17, 15) is 14.7 Å². The Morgan fingerprint density at radius 2 is 1.78 bits per heavy atom. The predicted octanol–water partition coefficient (Wildman–Crippen LogP) is 5.05. The van der Waals surface area contributed by atoms with Gasteiger partial charge in [-0.3, -0.25) is 4.79 Å². The third kappa shape index (κ3) is 4.70. The Balaban J connectivity index is 1.45. The first-order chi connectivity index (χ1) is 18.0. The molecule has 0 aliphatic heterocycles. The molecule has 0 unspecified atom stereocenters. The Bertz CT molecular complexity index is 1640. The van der Waals surface area contributed by atoms with Gasteiger partial charge in [0.25, 0.3) is 5.91 Å². The topological polar surface area (TPSA) is 126 Å².